The predicted octanol–water partition coefficient (Wildman–Crippen LogP) is 5.24. The Morgan fingerprint density at radius 1 is 0.875 bits per heavy atom. The van der Waals surface area contributed by atoms with E-state index < -0.39 is 0 Å². The number of nitrogens with zero attached hydrogens (tertiary/aromatic N) is 1. The number of hydrogen-bond acceptors (Lipinski definition) is 2. The van der Waals surface area contributed by atoms with Crippen molar-refractivity contribution in [1.29, 1.82) is 5.26 Å². The third-order valence-corrected chi connectivity index (χ3v) is 4.32. The number of hydrogen-bond donors (Lipinski definition) is 1. The molecule has 0 heterocycles. The summed E-state index contributed by atoms with van der Waals surface area (Å²) in [6, 6.07) is 24.2. The van der Waals surface area contributed by atoms with E-state index in [0.29, 0.717) is 16.8 Å². The molecule has 0 unspecified atom stereocenters. The Morgan fingerprint density at radius 3 is 2.25 bits per heavy atom. The minimum atomic E-state index is -0.217. The molecule has 0 saturated heterocycles. The van der Waals surface area contributed by atoms with Crippen molar-refractivity contribution in [1.82, 2.24) is 0 Å². The molecular weight excluding hydrogens is 364 g/mol. The number of amides is 1. The fourth-order valence-corrected chi connectivity index (χ4v) is 2.87. The average Bonchev–Trinajstić information content (AvgIpc) is 2.63. The Hall–Kier alpha value is -2.90. The number of benzene rings is 3. The van der Waals surface area contributed by atoms with Crippen LogP contribution in [0.1, 0.15) is 15.9 Å². The topological polar surface area (TPSA) is 52.9 Å². The van der Waals surface area contributed by atoms with Gasteiger partial charge in [0.25, 0.3) is 5.91 Å². The van der Waals surface area contributed by atoms with E-state index in [9.17, 15) is 10.1 Å². The summed E-state index contributed by atoms with van der Waals surface area (Å²) in [5.74, 6) is -0.217. The summed E-state index contributed by atoms with van der Waals surface area (Å²) in [4.78, 5) is 12.7. The Balaban J connectivity index is 2.03. The molecule has 116 valence electrons. The van der Waals surface area contributed by atoms with Gasteiger partial charge in [0.05, 0.1) is 17.3 Å². The van der Waals surface area contributed by atoms with E-state index in [4.69, 9.17) is 0 Å². The molecule has 0 aromatic heterocycles. The molecule has 4 heteroatoms. The number of rotatable bonds is 3. The summed E-state index contributed by atoms with van der Waals surface area (Å²) in [5.41, 5.74) is 3.25. The molecule has 24 heavy (non-hydrogen) atoms. The largest absolute Gasteiger partial charge is 0.321 e. The number of carbonyl (C=O) groups is 1. The van der Waals surface area contributed by atoms with Crippen LogP contribution in [0.4, 0.5) is 5.69 Å². The third kappa shape index (κ3) is 3.22. The minimum absolute atomic E-state index is 0.217. The molecule has 0 aliphatic carbocycles. The van der Waals surface area contributed by atoms with Crippen LogP contribution in [-0.4, -0.2) is 5.91 Å². The minimum Gasteiger partial charge on any atom is -0.321 e. The lowest BCUT2D eigenvalue weighted by Crippen LogP contribution is -2.13. The zero-order valence-corrected chi connectivity index (χ0v) is 14.2. The maximum absolute atomic E-state index is 12.7. The van der Waals surface area contributed by atoms with Gasteiger partial charge in [0.1, 0.15) is 0 Å². The van der Waals surface area contributed by atoms with Crippen LogP contribution in [0.5, 0.6) is 0 Å². The highest BCUT2D eigenvalue weighted by molar-refractivity contribution is 9.10. The van der Waals surface area contributed by atoms with E-state index in [0.717, 1.165) is 15.6 Å². The molecule has 3 nitrogen and oxygen atoms in total. The summed E-state index contributed by atoms with van der Waals surface area (Å²) in [7, 11) is 0. The molecule has 0 aliphatic rings. The molecule has 0 aliphatic heterocycles. The van der Waals surface area contributed by atoms with Crippen LogP contribution in [0.25, 0.3) is 11.1 Å². The lowest BCUT2D eigenvalue weighted by Gasteiger charge is -2.12. The van der Waals surface area contributed by atoms with E-state index in [2.05, 4.69) is 27.3 Å². The molecule has 0 spiro atoms. The second-order valence-corrected chi connectivity index (χ2v) is 5.99. The molecule has 0 atom stereocenters. The highest BCUT2D eigenvalue weighted by atomic mass is 79.9. The van der Waals surface area contributed by atoms with E-state index in [1.54, 1.807) is 12.1 Å². The van der Waals surface area contributed by atoms with Crippen LogP contribution >= 0.6 is 15.9 Å². The fraction of sp³-hybridized carbons (Fsp3) is 0. The quantitative estimate of drug-likeness (QED) is 0.679. The lowest BCUT2D eigenvalue weighted by molar-refractivity contribution is 0.102. The van der Waals surface area contributed by atoms with Crippen molar-refractivity contribution in [2.24, 2.45) is 0 Å². The Morgan fingerprint density at radius 2 is 1.50 bits per heavy atom. The Kier molecular flexibility index (Phi) is 4.74. The monoisotopic (exact) mass is 376 g/mol. The standard InChI is InChI=1S/C20H13BrN2O/c21-18-11-5-6-12-19(18)23-20(24)17-10-4-3-9-16(17)15-8-2-1-7-14(15)13-22/h1-12H,(H,23,24). The first kappa shape index (κ1) is 16.0. The van der Waals surface area contributed by atoms with Gasteiger partial charge in [-0.15, -0.1) is 0 Å². The average molecular weight is 377 g/mol. The zero-order valence-electron chi connectivity index (χ0n) is 12.7. The fourth-order valence-electron chi connectivity index (χ4n) is 2.48. The summed E-state index contributed by atoms with van der Waals surface area (Å²) >= 11 is 3.43. The van der Waals surface area contributed by atoms with Crippen molar-refractivity contribution in [2.45, 2.75) is 0 Å². The van der Waals surface area contributed by atoms with Gasteiger partial charge in [-0.2, -0.15) is 5.26 Å². The van der Waals surface area contributed by atoms with Crippen LogP contribution in [-0.2, 0) is 0 Å². The first-order valence-corrected chi connectivity index (χ1v) is 8.14. The van der Waals surface area contributed by atoms with Gasteiger partial charge in [-0.05, 0) is 45.8 Å². The summed E-state index contributed by atoms with van der Waals surface area (Å²) in [6.45, 7) is 0. The van der Waals surface area contributed by atoms with E-state index >= 15 is 0 Å². The number of nitriles is 1. The van der Waals surface area contributed by atoms with Crippen molar-refractivity contribution in [3.8, 4) is 17.2 Å². The van der Waals surface area contributed by atoms with E-state index in [1.807, 2.05) is 60.7 Å². The van der Waals surface area contributed by atoms with Gasteiger partial charge < -0.3 is 5.32 Å². The maximum atomic E-state index is 12.7. The lowest BCUT2D eigenvalue weighted by atomic mass is 9.95. The van der Waals surface area contributed by atoms with Crippen LogP contribution in [0.2, 0.25) is 0 Å². The van der Waals surface area contributed by atoms with Crippen LogP contribution in [0, 0.1) is 11.3 Å². The summed E-state index contributed by atoms with van der Waals surface area (Å²) in [5, 5.41) is 12.2. The van der Waals surface area contributed by atoms with Gasteiger partial charge in [0.2, 0.25) is 0 Å². The first-order chi connectivity index (χ1) is 11.7. The molecule has 0 radical (unpaired) electrons. The number of nitrogens with one attached hydrogen (secondary N) is 1. The second kappa shape index (κ2) is 7.12. The molecule has 0 saturated carbocycles. The van der Waals surface area contributed by atoms with Crippen molar-refractivity contribution in [2.75, 3.05) is 5.32 Å². The predicted molar refractivity (Wildman–Crippen MR) is 98.7 cm³/mol. The Labute approximate surface area is 148 Å². The normalized spacial score (nSPS) is 10.0. The van der Waals surface area contributed by atoms with Gasteiger partial charge in [0, 0.05) is 15.6 Å². The zero-order chi connectivity index (χ0) is 16.9. The van der Waals surface area contributed by atoms with E-state index in [1.165, 1.54) is 0 Å². The van der Waals surface area contributed by atoms with Gasteiger partial charge in [-0.3, -0.25) is 4.79 Å². The highest BCUT2D eigenvalue weighted by Gasteiger charge is 2.15. The van der Waals surface area contributed by atoms with Crippen LogP contribution in [0.15, 0.2) is 77.3 Å². The van der Waals surface area contributed by atoms with Gasteiger partial charge in [0.15, 0.2) is 0 Å². The summed E-state index contributed by atoms with van der Waals surface area (Å²) in [6.07, 6.45) is 0. The Bertz CT molecular complexity index is 944. The SMILES string of the molecule is N#Cc1ccccc1-c1ccccc1C(=O)Nc1ccccc1Br. The highest BCUT2D eigenvalue weighted by Crippen LogP contribution is 2.28. The van der Waals surface area contributed by atoms with Crippen molar-refractivity contribution < 1.29 is 4.79 Å². The number of carbonyl (C=O) groups excluding carboxylic acids is 1. The van der Waals surface area contributed by atoms with Crippen LogP contribution in [0.3, 0.4) is 0 Å². The van der Waals surface area contributed by atoms with E-state index in [-0.39, 0.29) is 5.91 Å². The molecular formula is C20H13BrN2O. The summed E-state index contributed by atoms with van der Waals surface area (Å²) < 4.78 is 0.813. The molecule has 3 aromatic rings. The smallest absolute Gasteiger partial charge is 0.256 e. The molecule has 3 aromatic carbocycles. The third-order valence-electron chi connectivity index (χ3n) is 3.63. The number of para-hydroxylation sites is 1. The van der Waals surface area contributed by atoms with Gasteiger partial charge in [-0.25, -0.2) is 0 Å². The van der Waals surface area contributed by atoms with Gasteiger partial charge >= 0.3 is 0 Å². The molecule has 1 amide bonds. The van der Waals surface area contributed by atoms with Crippen LogP contribution < -0.4 is 5.32 Å². The van der Waals surface area contributed by atoms with Crippen molar-refractivity contribution in [3.05, 3.63) is 88.4 Å². The maximum Gasteiger partial charge on any atom is 0.256 e. The number of anilines is 1. The number of halogens is 1. The molecule has 3 rings (SSSR count). The van der Waals surface area contributed by atoms with Crippen molar-refractivity contribution >= 4 is 27.5 Å². The molecule has 0 bridgehead atoms. The van der Waals surface area contributed by atoms with Gasteiger partial charge in [-0.1, -0.05) is 48.5 Å². The second-order valence-electron chi connectivity index (χ2n) is 5.14. The van der Waals surface area contributed by atoms with Crippen molar-refractivity contribution in [3.63, 3.8) is 0 Å². The first-order valence-electron chi connectivity index (χ1n) is 7.35. The molecule has 0 fully saturated rings. The molecule has 1 N–H and O–H groups in total.